The number of rotatable bonds is 21. The lowest BCUT2D eigenvalue weighted by Gasteiger charge is -2.18. The second kappa shape index (κ2) is 20.1. The number of halogens is 1. The Balaban J connectivity index is 2.15. The Morgan fingerprint density at radius 1 is 0.914 bits per heavy atom. The van der Waals surface area contributed by atoms with Crippen molar-refractivity contribution in [3.8, 4) is 0 Å². The Hall–Kier alpha value is -1.01. The van der Waals surface area contributed by atoms with Crippen molar-refractivity contribution in [3.05, 3.63) is 47.0 Å². The summed E-state index contributed by atoms with van der Waals surface area (Å²) in [4.78, 5) is 39.7. The lowest BCUT2D eigenvalue weighted by atomic mass is 10.1. The van der Waals surface area contributed by atoms with E-state index in [1.165, 1.54) is 57.8 Å². The fourth-order valence-corrected chi connectivity index (χ4v) is 4.41. The number of unbranched alkanes of at least 4 members (excludes halogenated alkanes) is 11. The molecular formula is C27H46ClNO5P+. The number of hydrogen-bond acceptors (Lipinski definition) is 5. The maximum Gasteiger partial charge on any atom is 0.567 e. The van der Waals surface area contributed by atoms with Crippen LogP contribution < -0.4 is 5.32 Å². The number of hydrogen-bond donors (Lipinski definition) is 4. The summed E-state index contributed by atoms with van der Waals surface area (Å²) in [6.45, 7) is 2.05. The third kappa shape index (κ3) is 19.8. The lowest BCUT2D eigenvalue weighted by Crippen LogP contribution is -2.39. The molecule has 0 aliphatic rings. The van der Waals surface area contributed by atoms with Gasteiger partial charge in [-0.2, -0.15) is 19.2 Å². The SMILES string of the molecule is CCCCCCCC/C=C\CCCCCCCC(=O)N[C@H](CO[P+](O)(O)O)Cc1ccc(Cl)cc1. The standard InChI is InChI=1S/C27H45ClNO5P/c1-2-3-4-5-6-7-8-9-10-11-12-13-14-15-16-17-27(30)29-26(23-34-35(31,32)33)22-24-18-20-25(28)21-19-24/h9-10,18-21,26,31-33H,2-8,11-17,22-23H2,1H3/p+1/b10-9-/t26-/m0/s1. The molecule has 1 aromatic carbocycles. The highest BCUT2D eigenvalue weighted by atomic mass is 35.5. The van der Waals surface area contributed by atoms with Gasteiger partial charge in [0.25, 0.3) is 0 Å². The average molecular weight is 531 g/mol. The lowest BCUT2D eigenvalue weighted by molar-refractivity contribution is -0.122. The van der Waals surface area contributed by atoms with Crippen LogP contribution >= 0.6 is 19.8 Å². The molecule has 200 valence electrons. The second-order valence-electron chi connectivity index (χ2n) is 9.24. The molecule has 0 aromatic heterocycles. The minimum Gasteiger partial charge on any atom is -0.351 e. The highest BCUT2D eigenvalue weighted by molar-refractivity contribution is 7.53. The van der Waals surface area contributed by atoms with Crippen LogP contribution in [0.15, 0.2) is 36.4 Å². The largest absolute Gasteiger partial charge is 0.567 e. The van der Waals surface area contributed by atoms with Crippen LogP contribution in [0.25, 0.3) is 0 Å². The molecule has 1 rings (SSSR count). The Morgan fingerprint density at radius 2 is 1.46 bits per heavy atom. The summed E-state index contributed by atoms with van der Waals surface area (Å²) in [6, 6.07) is 6.69. The van der Waals surface area contributed by atoms with Crippen LogP contribution in [0.5, 0.6) is 0 Å². The van der Waals surface area contributed by atoms with Crippen molar-refractivity contribution >= 4 is 25.7 Å². The van der Waals surface area contributed by atoms with Crippen molar-refractivity contribution in [2.24, 2.45) is 0 Å². The van der Waals surface area contributed by atoms with Crippen molar-refractivity contribution in [1.82, 2.24) is 5.32 Å². The van der Waals surface area contributed by atoms with E-state index in [-0.39, 0.29) is 12.5 Å². The summed E-state index contributed by atoms with van der Waals surface area (Å²) >= 11 is 5.92. The number of nitrogens with one attached hydrogen (secondary N) is 1. The average Bonchev–Trinajstić information content (AvgIpc) is 2.81. The number of allylic oxidation sites excluding steroid dienone is 2. The minimum absolute atomic E-state index is 0.108. The van der Waals surface area contributed by atoms with E-state index in [4.69, 9.17) is 30.8 Å². The van der Waals surface area contributed by atoms with Gasteiger partial charge < -0.3 is 5.32 Å². The molecule has 8 heteroatoms. The zero-order valence-corrected chi connectivity index (χ0v) is 23.0. The molecule has 1 aromatic rings. The maximum absolute atomic E-state index is 12.4. The minimum atomic E-state index is -4.36. The molecule has 4 N–H and O–H groups in total. The highest BCUT2D eigenvalue weighted by Crippen LogP contribution is 2.45. The van der Waals surface area contributed by atoms with E-state index in [0.717, 1.165) is 31.2 Å². The molecule has 0 aliphatic carbocycles. The van der Waals surface area contributed by atoms with Crippen molar-refractivity contribution in [2.75, 3.05) is 6.61 Å². The van der Waals surface area contributed by atoms with Crippen molar-refractivity contribution < 1.29 is 24.0 Å². The molecule has 0 aliphatic heterocycles. The fourth-order valence-electron chi connectivity index (χ4n) is 3.90. The van der Waals surface area contributed by atoms with Crippen LogP contribution in [0.3, 0.4) is 0 Å². The third-order valence-corrected chi connectivity index (χ3v) is 6.62. The van der Waals surface area contributed by atoms with Crippen molar-refractivity contribution in [3.63, 3.8) is 0 Å². The molecule has 6 nitrogen and oxygen atoms in total. The fraction of sp³-hybridized carbons (Fsp3) is 0.667. The molecule has 0 saturated heterocycles. The monoisotopic (exact) mass is 530 g/mol. The quantitative estimate of drug-likeness (QED) is 0.0773. The van der Waals surface area contributed by atoms with Gasteiger partial charge in [-0.1, -0.05) is 94.2 Å². The first kappa shape index (κ1) is 32.0. The van der Waals surface area contributed by atoms with Gasteiger partial charge in [0.1, 0.15) is 6.61 Å². The molecule has 0 spiro atoms. The first-order valence-electron chi connectivity index (χ1n) is 13.2. The van der Waals surface area contributed by atoms with Gasteiger partial charge in [-0.05, 0) is 56.2 Å². The summed E-state index contributed by atoms with van der Waals surface area (Å²) in [6.07, 6.45) is 21.1. The summed E-state index contributed by atoms with van der Waals surface area (Å²) < 4.78 is 4.75. The molecule has 0 heterocycles. The van der Waals surface area contributed by atoms with Gasteiger partial charge in [0, 0.05) is 11.4 Å². The Kier molecular flexibility index (Phi) is 18.4. The van der Waals surface area contributed by atoms with Gasteiger partial charge in [-0.3, -0.25) is 4.79 Å². The molecule has 0 bridgehead atoms. The Labute approximate surface area is 217 Å². The summed E-state index contributed by atoms with van der Waals surface area (Å²) in [5.41, 5.74) is 0.919. The van der Waals surface area contributed by atoms with Crippen LogP contribution in [0, 0.1) is 0 Å². The van der Waals surface area contributed by atoms with Gasteiger partial charge in [0.2, 0.25) is 5.91 Å². The molecule has 35 heavy (non-hydrogen) atoms. The van der Waals surface area contributed by atoms with Gasteiger partial charge in [-0.15, -0.1) is 0 Å². The molecular weight excluding hydrogens is 485 g/mol. The van der Waals surface area contributed by atoms with E-state index in [2.05, 4.69) is 24.4 Å². The molecule has 1 atom stereocenters. The van der Waals surface area contributed by atoms with E-state index in [0.29, 0.717) is 17.9 Å². The predicted octanol–water partition coefficient (Wildman–Crippen LogP) is 7.08. The van der Waals surface area contributed by atoms with Crippen molar-refractivity contribution in [1.29, 1.82) is 0 Å². The smallest absolute Gasteiger partial charge is 0.351 e. The first-order chi connectivity index (χ1) is 16.8. The molecule has 1 amide bonds. The summed E-state index contributed by atoms with van der Waals surface area (Å²) in [7, 11) is -4.36. The van der Waals surface area contributed by atoms with Crippen LogP contribution in [-0.2, 0) is 15.7 Å². The number of carbonyl (C=O) groups excluding carboxylic acids is 1. The Morgan fingerprint density at radius 3 is 2.03 bits per heavy atom. The maximum atomic E-state index is 12.4. The van der Waals surface area contributed by atoms with E-state index in [9.17, 15) is 4.79 Å². The number of amides is 1. The predicted molar refractivity (Wildman–Crippen MR) is 146 cm³/mol. The van der Waals surface area contributed by atoms with E-state index in [1.807, 2.05) is 12.1 Å². The number of carbonyl (C=O) groups is 1. The third-order valence-electron chi connectivity index (χ3n) is 5.88. The van der Waals surface area contributed by atoms with E-state index >= 15 is 0 Å². The zero-order chi connectivity index (χ0) is 25.8. The van der Waals surface area contributed by atoms with Gasteiger partial charge in [-0.25, -0.2) is 0 Å². The van der Waals surface area contributed by atoms with Crippen LogP contribution in [0.4, 0.5) is 0 Å². The summed E-state index contributed by atoms with van der Waals surface area (Å²) in [5.74, 6) is -0.108. The van der Waals surface area contributed by atoms with Gasteiger partial charge in [0.15, 0.2) is 0 Å². The summed E-state index contributed by atoms with van der Waals surface area (Å²) in [5, 5.41) is 3.49. The van der Waals surface area contributed by atoms with Gasteiger partial charge >= 0.3 is 8.17 Å². The second-order valence-corrected chi connectivity index (χ2v) is 11.0. The molecule has 0 radical (unpaired) electrons. The van der Waals surface area contributed by atoms with E-state index in [1.54, 1.807) is 12.1 Å². The number of benzene rings is 1. The molecule has 0 saturated carbocycles. The first-order valence-corrected chi connectivity index (χ1v) is 15.1. The molecule has 0 unspecified atom stereocenters. The van der Waals surface area contributed by atoms with Crippen LogP contribution in [-0.4, -0.2) is 33.2 Å². The Bertz CT molecular complexity index is 694. The van der Waals surface area contributed by atoms with Gasteiger partial charge in [0.05, 0.1) is 6.04 Å². The van der Waals surface area contributed by atoms with Crippen LogP contribution in [0.2, 0.25) is 5.02 Å². The topological polar surface area (TPSA) is 99.0 Å². The molecule has 0 fully saturated rings. The van der Waals surface area contributed by atoms with E-state index < -0.39 is 14.2 Å². The highest BCUT2D eigenvalue weighted by Gasteiger charge is 2.34. The van der Waals surface area contributed by atoms with Crippen LogP contribution in [0.1, 0.15) is 102 Å². The normalized spacial score (nSPS) is 12.8. The van der Waals surface area contributed by atoms with Crippen molar-refractivity contribution in [2.45, 2.75) is 109 Å². The zero-order valence-electron chi connectivity index (χ0n) is 21.3.